The van der Waals surface area contributed by atoms with Crippen LogP contribution in [-0.4, -0.2) is 45.2 Å². The van der Waals surface area contributed by atoms with Crippen molar-refractivity contribution in [3.63, 3.8) is 0 Å². The van der Waals surface area contributed by atoms with Gasteiger partial charge >= 0.3 is 7.12 Å². The van der Waals surface area contributed by atoms with Gasteiger partial charge in [-0.2, -0.15) is 10.2 Å². The maximum Gasteiger partial charge on any atom is 0.488 e. The summed E-state index contributed by atoms with van der Waals surface area (Å²) in [5, 5.41) is 26.7. The highest BCUT2D eigenvalue weighted by molar-refractivity contribution is 6.58. The van der Waals surface area contributed by atoms with E-state index in [-0.39, 0.29) is 0 Å². The largest absolute Gasteiger partial charge is 0.494 e. The molecular weight excluding hydrogens is 453 g/mol. The van der Waals surface area contributed by atoms with E-state index in [2.05, 4.69) is 25.1 Å². The van der Waals surface area contributed by atoms with E-state index in [4.69, 9.17) is 14.8 Å². The van der Waals surface area contributed by atoms with Crippen molar-refractivity contribution in [3.05, 3.63) is 109 Å². The van der Waals surface area contributed by atoms with Crippen LogP contribution in [0.3, 0.4) is 0 Å². The lowest BCUT2D eigenvalue weighted by Crippen LogP contribution is -2.29. The minimum atomic E-state index is -1.49. The fraction of sp³-hybridized carbons (Fsp3) is 0.185. The topological polar surface area (TPSA) is 103 Å². The second-order valence-corrected chi connectivity index (χ2v) is 8.21. The second kappa shape index (κ2) is 13.2. The molecule has 0 amide bonds. The number of azo groups is 1. The summed E-state index contributed by atoms with van der Waals surface area (Å²) in [6.45, 7) is 2.94. The van der Waals surface area contributed by atoms with Crippen LogP contribution in [0.2, 0.25) is 0 Å². The lowest BCUT2D eigenvalue weighted by Gasteiger charge is -2.21. The minimum absolute atomic E-state index is 0.409. The molecule has 2 aromatic carbocycles. The zero-order chi connectivity index (χ0) is 25.0. The highest BCUT2D eigenvalue weighted by atomic mass is 16.5. The number of hydrogen-bond donors (Lipinski definition) is 2. The smallest absolute Gasteiger partial charge is 0.488 e. The van der Waals surface area contributed by atoms with Crippen LogP contribution in [0, 0.1) is 0 Å². The van der Waals surface area contributed by atoms with Crippen LogP contribution in [-0.2, 0) is 13.1 Å². The SMILES string of the molecule is OB(O)c1ccc(N=Nc2ccc(OCCCN(Cc3ccccn3)Cc3ccccn3)cc2)cc1. The van der Waals surface area contributed by atoms with Crippen molar-refractivity contribution < 1.29 is 14.8 Å². The van der Waals surface area contributed by atoms with Crippen LogP contribution < -0.4 is 10.2 Å². The summed E-state index contributed by atoms with van der Waals surface area (Å²) in [5.74, 6) is 0.774. The first kappa shape index (κ1) is 25.2. The number of aromatic nitrogens is 2. The summed E-state index contributed by atoms with van der Waals surface area (Å²) in [6.07, 6.45) is 4.50. The molecule has 2 N–H and O–H groups in total. The summed E-state index contributed by atoms with van der Waals surface area (Å²) in [4.78, 5) is 11.2. The molecule has 0 unspecified atom stereocenters. The lowest BCUT2D eigenvalue weighted by molar-refractivity contribution is 0.218. The van der Waals surface area contributed by atoms with Gasteiger partial charge in [0.2, 0.25) is 0 Å². The highest BCUT2D eigenvalue weighted by Crippen LogP contribution is 2.21. The van der Waals surface area contributed by atoms with Crippen LogP contribution in [0.4, 0.5) is 11.4 Å². The number of nitrogens with zero attached hydrogens (tertiary/aromatic N) is 5. The van der Waals surface area contributed by atoms with E-state index in [1.807, 2.05) is 73.1 Å². The van der Waals surface area contributed by atoms with Gasteiger partial charge in [-0.1, -0.05) is 24.3 Å². The van der Waals surface area contributed by atoms with Gasteiger partial charge in [0, 0.05) is 32.0 Å². The van der Waals surface area contributed by atoms with E-state index in [0.29, 0.717) is 23.4 Å². The minimum Gasteiger partial charge on any atom is -0.494 e. The fourth-order valence-corrected chi connectivity index (χ4v) is 3.57. The zero-order valence-corrected chi connectivity index (χ0v) is 19.9. The molecule has 0 aliphatic heterocycles. The van der Waals surface area contributed by atoms with Crippen molar-refractivity contribution in [1.29, 1.82) is 0 Å². The van der Waals surface area contributed by atoms with E-state index in [0.717, 1.165) is 43.2 Å². The van der Waals surface area contributed by atoms with Gasteiger partial charge in [0.05, 0.1) is 29.4 Å². The Balaban J connectivity index is 1.26. The zero-order valence-electron chi connectivity index (χ0n) is 19.9. The van der Waals surface area contributed by atoms with Crippen molar-refractivity contribution in [2.45, 2.75) is 19.5 Å². The van der Waals surface area contributed by atoms with Crippen molar-refractivity contribution in [1.82, 2.24) is 14.9 Å². The van der Waals surface area contributed by atoms with Gasteiger partial charge in [-0.15, -0.1) is 0 Å². The van der Waals surface area contributed by atoms with Crippen LogP contribution in [0.25, 0.3) is 0 Å². The normalized spacial score (nSPS) is 11.2. The molecule has 182 valence electrons. The van der Waals surface area contributed by atoms with Gasteiger partial charge < -0.3 is 14.8 Å². The molecule has 0 spiro atoms. The molecular formula is C27H28BN5O3. The van der Waals surface area contributed by atoms with Crippen LogP contribution >= 0.6 is 0 Å². The number of benzene rings is 2. The quantitative estimate of drug-likeness (QED) is 0.180. The Morgan fingerprint density at radius 1 is 0.722 bits per heavy atom. The Kier molecular flexibility index (Phi) is 9.27. The van der Waals surface area contributed by atoms with Gasteiger partial charge in [-0.25, -0.2) is 0 Å². The Morgan fingerprint density at radius 3 is 1.78 bits per heavy atom. The molecule has 0 saturated carbocycles. The summed E-state index contributed by atoms with van der Waals surface area (Å²) in [6, 6.07) is 25.9. The molecule has 0 radical (unpaired) electrons. The van der Waals surface area contributed by atoms with E-state index < -0.39 is 7.12 Å². The number of hydrogen-bond acceptors (Lipinski definition) is 8. The molecule has 36 heavy (non-hydrogen) atoms. The Morgan fingerprint density at radius 2 is 1.28 bits per heavy atom. The Bertz CT molecular complexity index is 1170. The molecule has 0 bridgehead atoms. The molecule has 9 heteroatoms. The second-order valence-electron chi connectivity index (χ2n) is 8.21. The first-order valence-electron chi connectivity index (χ1n) is 11.8. The summed E-state index contributed by atoms with van der Waals surface area (Å²) >= 11 is 0. The Hall–Kier alpha value is -3.92. The van der Waals surface area contributed by atoms with Gasteiger partial charge in [0.15, 0.2) is 0 Å². The Labute approximate surface area is 211 Å². The molecule has 2 heterocycles. The molecule has 2 aromatic heterocycles. The number of rotatable bonds is 12. The third kappa shape index (κ3) is 8.09. The fourth-order valence-electron chi connectivity index (χ4n) is 3.57. The van der Waals surface area contributed by atoms with E-state index in [1.165, 1.54) is 0 Å². The number of pyridine rings is 2. The lowest BCUT2D eigenvalue weighted by atomic mass is 9.80. The highest BCUT2D eigenvalue weighted by Gasteiger charge is 2.10. The molecule has 0 atom stereocenters. The maximum absolute atomic E-state index is 9.16. The molecule has 8 nitrogen and oxygen atoms in total. The van der Waals surface area contributed by atoms with Gasteiger partial charge in [0.25, 0.3) is 0 Å². The first-order chi connectivity index (χ1) is 17.7. The van der Waals surface area contributed by atoms with Crippen LogP contribution in [0.5, 0.6) is 5.75 Å². The molecule has 0 saturated heterocycles. The molecule has 0 aliphatic carbocycles. The molecule has 4 rings (SSSR count). The third-order valence-electron chi connectivity index (χ3n) is 5.42. The van der Waals surface area contributed by atoms with Crippen molar-refractivity contribution >= 4 is 24.0 Å². The van der Waals surface area contributed by atoms with Gasteiger partial charge in [-0.3, -0.25) is 14.9 Å². The van der Waals surface area contributed by atoms with Crippen LogP contribution in [0.15, 0.2) is 108 Å². The van der Waals surface area contributed by atoms with Gasteiger partial charge in [-0.05, 0) is 72.5 Å². The van der Waals surface area contributed by atoms with Gasteiger partial charge in [0.1, 0.15) is 5.75 Å². The predicted octanol–water partition coefficient (Wildman–Crippen LogP) is 4.04. The van der Waals surface area contributed by atoms with E-state index in [9.17, 15) is 0 Å². The molecule has 0 fully saturated rings. The van der Waals surface area contributed by atoms with E-state index >= 15 is 0 Å². The summed E-state index contributed by atoms with van der Waals surface area (Å²) in [5.41, 5.74) is 3.79. The predicted molar refractivity (Wildman–Crippen MR) is 140 cm³/mol. The monoisotopic (exact) mass is 481 g/mol. The van der Waals surface area contributed by atoms with Crippen LogP contribution in [0.1, 0.15) is 17.8 Å². The molecule has 4 aromatic rings. The van der Waals surface area contributed by atoms with Crippen molar-refractivity contribution in [3.8, 4) is 5.75 Å². The summed E-state index contributed by atoms with van der Waals surface area (Å²) < 4.78 is 5.93. The average Bonchev–Trinajstić information content (AvgIpc) is 2.92. The number of ether oxygens (including phenoxy) is 1. The van der Waals surface area contributed by atoms with Crippen molar-refractivity contribution in [2.75, 3.05) is 13.2 Å². The molecule has 0 aliphatic rings. The first-order valence-corrected chi connectivity index (χ1v) is 11.8. The maximum atomic E-state index is 9.16. The van der Waals surface area contributed by atoms with E-state index in [1.54, 1.807) is 24.3 Å². The summed E-state index contributed by atoms with van der Waals surface area (Å²) in [7, 11) is -1.49. The standard InChI is InChI=1S/C27H28BN5O3/c34-28(35)22-8-10-23(11-9-22)31-32-24-12-14-27(15-13-24)36-19-5-18-33(20-25-6-1-3-16-29-25)21-26-7-2-4-17-30-26/h1-4,6-17,34-35H,5,18-21H2. The third-order valence-corrected chi connectivity index (χ3v) is 5.42. The average molecular weight is 481 g/mol. The van der Waals surface area contributed by atoms with Crippen molar-refractivity contribution in [2.24, 2.45) is 10.2 Å².